The minimum absolute atomic E-state index is 0.0109. The molecule has 1 rings (SSSR count). The van der Waals surface area contributed by atoms with E-state index < -0.39 is 23.8 Å². The van der Waals surface area contributed by atoms with Crippen LogP contribution in [0.4, 0.5) is 4.79 Å². The van der Waals surface area contributed by atoms with Gasteiger partial charge in [-0.2, -0.15) is 0 Å². The number of carbonyl (C=O) groups excluding carboxylic acids is 1. The molecule has 7 heteroatoms. The van der Waals surface area contributed by atoms with Crippen molar-refractivity contribution in [1.29, 1.82) is 0 Å². The minimum Gasteiger partial charge on any atom is -0.507 e. The van der Waals surface area contributed by atoms with Gasteiger partial charge in [-0.05, 0) is 55.8 Å². The van der Waals surface area contributed by atoms with E-state index in [2.05, 4.69) is 37.2 Å². The number of alkyl carbamates (subject to hydrolysis) is 1. The van der Waals surface area contributed by atoms with Crippen LogP contribution in [0.1, 0.15) is 39.4 Å². The quantitative estimate of drug-likeness (QED) is 0.688. The lowest BCUT2D eigenvalue weighted by Gasteiger charge is -2.25. The van der Waals surface area contributed by atoms with Gasteiger partial charge >= 0.3 is 6.09 Å². The maximum Gasteiger partial charge on any atom is 0.407 e. The molecular formula is C14H19Br2NO4. The Kier molecular flexibility index (Phi) is 6.07. The first-order valence-corrected chi connectivity index (χ1v) is 7.96. The number of benzene rings is 1. The van der Waals surface area contributed by atoms with E-state index in [4.69, 9.17) is 4.74 Å². The average molecular weight is 425 g/mol. The summed E-state index contributed by atoms with van der Waals surface area (Å²) in [4.78, 5) is 11.7. The van der Waals surface area contributed by atoms with Gasteiger partial charge < -0.3 is 20.3 Å². The van der Waals surface area contributed by atoms with E-state index in [0.29, 0.717) is 14.5 Å². The Balaban J connectivity index is 2.87. The van der Waals surface area contributed by atoms with Crippen LogP contribution in [0.3, 0.4) is 0 Å². The van der Waals surface area contributed by atoms with Crippen molar-refractivity contribution in [3.8, 4) is 5.75 Å². The third-order valence-electron chi connectivity index (χ3n) is 2.62. The summed E-state index contributed by atoms with van der Waals surface area (Å²) in [7, 11) is 0. The molecule has 5 nitrogen and oxygen atoms in total. The molecule has 21 heavy (non-hydrogen) atoms. The van der Waals surface area contributed by atoms with Crippen molar-refractivity contribution in [1.82, 2.24) is 5.32 Å². The summed E-state index contributed by atoms with van der Waals surface area (Å²) in [6.45, 7) is 6.93. The van der Waals surface area contributed by atoms with Crippen molar-refractivity contribution in [3.63, 3.8) is 0 Å². The summed E-state index contributed by atoms with van der Waals surface area (Å²) >= 11 is 6.55. The van der Waals surface area contributed by atoms with Gasteiger partial charge in [0.25, 0.3) is 0 Å². The first-order chi connectivity index (χ1) is 9.53. The van der Waals surface area contributed by atoms with Crippen LogP contribution < -0.4 is 5.32 Å². The number of amides is 1. The number of aliphatic hydroxyl groups is 1. The fourth-order valence-electron chi connectivity index (χ4n) is 1.65. The van der Waals surface area contributed by atoms with Gasteiger partial charge in [0.2, 0.25) is 0 Å². The zero-order valence-corrected chi connectivity index (χ0v) is 15.4. The second-order valence-electron chi connectivity index (χ2n) is 5.67. The van der Waals surface area contributed by atoms with E-state index in [9.17, 15) is 15.0 Å². The zero-order chi connectivity index (χ0) is 16.4. The van der Waals surface area contributed by atoms with Gasteiger partial charge in [0, 0.05) is 10.0 Å². The number of phenolic OH excluding ortho intramolecular Hbond substituents is 1. The average Bonchev–Trinajstić information content (AvgIpc) is 2.31. The normalized spacial score (nSPS) is 14.4. The lowest BCUT2D eigenvalue weighted by Crippen LogP contribution is -2.40. The Bertz CT molecular complexity index is 528. The Morgan fingerprint density at radius 1 is 1.33 bits per heavy atom. The molecule has 0 saturated heterocycles. The summed E-state index contributed by atoms with van der Waals surface area (Å²) < 4.78 is 6.14. The van der Waals surface area contributed by atoms with Gasteiger partial charge in [0.1, 0.15) is 17.5 Å². The second-order valence-corrected chi connectivity index (χ2v) is 7.32. The van der Waals surface area contributed by atoms with Gasteiger partial charge in [-0.1, -0.05) is 15.9 Å². The van der Waals surface area contributed by atoms with Gasteiger partial charge in [-0.25, -0.2) is 4.79 Å². The van der Waals surface area contributed by atoms with Gasteiger partial charge in [0.15, 0.2) is 0 Å². The molecule has 1 aromatic rings. The SMILES string of the molecule is C[C@H](NC(=O)OC(C)(C)C)[C@H](O)c1c(Br)ccc(O)c1Br. The highest BCUT2D eigenvalue weighted by molar-refractivity contribution is 9.11. The molecule has 0 fully saturated rings. The first kappa shape index (κ1) is 18.3. The van der Waals surface area contributed by atoms with Crippen LogP contribution in [-0.4, -0.2) is 27.9 Å². The molecule has 0 bridgehead atoms. The van der Waals surface area contributed by atoms with Crippen LogP contribution in [0.25, 0.3) is 0 Å². The molecule has 0 heterocycles. The van der Waals surface area contributed by atoms with Crippen molar-refractivity contribution in [3.05, 3.63) is 26.6 Å². The molecule has 0 saturated carbocycles. The smallest absolute Gasteiger partial charge is 0.407 e. The summed E-state index contributed by atoms with van der Waals surface area (Å²) in [6.07, 6.45) is -1.63. The van der Waals surface area contributed by atoms with Crippen LogP contribution in [0.5, 0.6) is 5.75 Å². The Morgan fingerprint density at radius 3 is 2.43 bits per heavy atom. The Hall–Kier alpha value is -0.790. The van der Waals surface area contributed by atoms with E-state index >= 15 is 0 Å². The third kappa shape index (κ3) is 5.16. The van der Waals surface area contributed by atoms with Gasteiger partial charge in [0.05, 0.1) is 10.5 Å². The largest absolute Gasteiger partial charge is 0.507 e. The van der Waals surface area contributed by atoms with Crippen molar-refractivity contribution in [2.45, 2.75) is 45.4 Å². The minimum atomic E-state index is -1.02. The number of hydrogen-bond donors (Lipinski definition) is 3. The molecule has 0 aliphatic carbocycles. The highest BCUT2D eigenvalue weighted by Gasteiger charge is 2.26. The molecule has 118 valence electrons. The molecule has 0 aliphatic heterocycles. The first-order valence-electron chi connectivity index (χ1n) is 6.37. The highest BCUT2D eigenvalue weighted by Crippen LogP contribution is 2.38. The van der Waals surface area contributed by atoms with Crippen LogP contribution >= 0.6 is 31.9 Å². The number of aromatic hydroxyl groups is 1. The van der Waals surface area contributed by atoms with Crippen LogP contribution in [-0.2, 0) is 4.74 Å². The lowest BCUT2D eigenvalue weighted by molar-refractivity contribution is 0.0434. The maximum absolute atomic E-state index is 11.7. The molecule has 1 aromatic carbocycles. The summed E-state index contributed by atoms with van der Waals surface area (Å²) in [5, 5.41) is 22.7. The Labute approximate surface area is 140 Å². The molecule has 1 amide bonds. The number of aliphatic hydroxyl groups excluding tert-OH is 1. The highest BCUT2D eigenvalue weighted by atomic mass is 79.9. The van der Waals surface area contributed by atoms with Crippen LogP contribution in [0.2, 0.25) is 0 Å². The third-order valence-corrected chi connectivity index (χ3v) is 4.14. The number of phenols is 1. The van der Waals surface area contributed by atoms with E-state index in [-0.39, 0.29) is 5.75 Å². The van der Waals surface area contributed by atoms with Crippen molar-refractivity contribution in [2.75, 3.05) is 0 Å². The molecule has 3 N–H and O–H groups in total. The molecule has 2 atom stereocenters. The predicted molar refractivity (Wildman–Crippen MR) is 87.3 cm³/mol. The van der Waals surface area contributed by atoms with Crippen molar-refractivity contribution in [2.24, 2.45) is 0 Å². The number of nitrogens with one attached hydrogen (secondary N) is 1. The zero-order valence-electron chi connectivity index (χ0n) is 12.3. The number of halogens is 2. The Morgan fingerprint density at radius 2 is 1.90 bits per heavy atom. The number of rotatable bonds is 3. The fourth-order valence-corrected chi connectivity index (χ4v) is 3.06. The summed E-state index contributed by atoms with van der Waals surface area (Å²) in [5.41, 5.74) is -0.153. The van der Waals surface area contributed by atoms with Crippen molar-refractivity contribution < 1.29 is 19.7 Å². The molecule has 0 aliphatic rings. The molecular weight excluding hydrogens is 406 g/mol. The lowest BCUT2D eigenvalue weighted by atomic mass is 10.0. The van der Waals surface area contributed by atoms with Gasteiger partial charge in [-0.15, -0.1) is 0 Å². The topological polar surface area (TPSA) is 78.8 Å². The fraction of sp³-hybridized carbons (Fsp3) is 0.500. The van der Waals surface area contributed by atoms with Crippen LogP contribution in [0.15, 0.2) is 21.1 Å². The summed E-state index contributed by atoms with van der Waals surface area (Å²) in [5.74, 6) is 0.0109. The summed E-state index contributed by atoms with van der Waals surface area (Å²) in [6, 6.07) is 2.52. The maximum atomic E-state index is 11.7. The molecule has 0 unspecified atom stereocenters. The van der Waals surface area contributed by atoms with Gasteiger partial charge in [-0.3, -0.25) is 0 Å². The van der Waals surface area contributed by atoms with E-state index in [0.717, 1.165) is 0 Å². The second kappa shape index (κ2) is 6.98. The molecule has 0 aromatic heterocycles. The van der Waals surface area contributed by atoms with E-state index in [1.54, 1.807) is 33.8 Å². The molecule has 0 radical (unpaired) electrons. The number of carbonyl (C=O) groups is 1. The van der Waals surface area contributed by atoms with Crippen molar-refractivity contribution >= 4 is 38.0 Å². The van der Waals surface area contributed by atoms with E-state index in [1.165, 1.54) is 6.07 Å². The number of ether oxygens (including phenoxy) is 1. The monoisotopic (exact) mass is 423 g/mol. The van der Waals surface area contributed by atoms with Crippen LogP contribution in [0, 0.1) is 0 Å². The molecule has 0 spiro atoms. The predicted octanol–water partition coefficient (Wildman–Crippen LogP) is 3.86. The number of hydrogen-bond acceptors (Lipinski definition) is 4. The standard InChI is InChI=1S/C14H19Br2NO4/c1-7(17-13(20)21-14(2,3)4)12(19)10-8(15)5-6-9(18)11(10)16/h5-7,12,18-19H,1-4H3,(H,17,20)/t7-,12-/m0/s1. The van der Waals surface area contributed by atoms with E-state index in [1.807, 2.05) is 0 Å².